The molecule has 1 aromatic rings. The molecule has 1 saturated heterocycles. The van der Waals surface area contributed by atoms with E-state index in [9.17, 15) is 4.79 Å². The molecule has 0 aromatic heterocycles. The molecule has 0 unspecified atom stereocenters. The van der Waals surface area contributed by atoms with Gasteiger partial charge in [-0.3, -0.25) is 4.79 Å². The summed E-state index contributed by atoms with van der Waals surface area (Å²) >= 11 is 0. The molecule has 1 atom stereocenters. The van der Waals surface area contributed by atoms with E-state index in [2.05, 4.69) is 10.6 Å². The van der Waals surface area contributed by atoms with Gasteiger partial charge in [0.05, 0.1) is 20.3 Å². The van der Waals surface area contributed by atoms with Gasteiger partial charge in [-0.1, -0.05) is 0 Å². The minimum Gasteiger partial charge on any atom is -0.497 e. The maximum Gasteiger partial charge on any atom is 0.237 e. The first-order valence-electron chi connectivity index (χ1n) is 5.96. The number of ether oxygens (including phenoxy) is 2. The minimum atomic E-state index is -0.209. The maximum atomic E-state index is 11.7. The molecular weight excluding hydrogens is 232 g/mol. The highest BCUT2D eigenvalue weighted by molar-refractivity contribution is 5.82. The molecule has 1 aliphatic heterocycles. The predicted molar refractivity (Wildman–Crippen MR) is 68.1 cm³/mol. The Morgan fingerprint density at radius 3 is 2.78 bits per heavy atom. The number of amides is 1. The van der Waals surface area contributed by atoms with Gasteiger partial charge in [-0.25, -0.2) is 0 Å². The second-order valence-corrected chi connectivity index (χ2v) is 4.18. The average Bonchev–Trinajstić information content (AvgIpc) is 2.41. The maximum absolute atomic E-state index is 11.7. The quantitative estimate of drug-likeness (QED) is 0.808. The van der Waals surface area contributed by atoms with Crippen LogP contribution >= 0.6 is 0 Å². The van der Waals surface area contributed by atoms with E-state index in [0.717, 1.165) is 23.6 Å². The smallest absolute Gasteiger partial charge is 0.237 e. The normalized spacial score (nSPS) is 19.2. The third kappa shape index (κ3) is 2.73. The van der Waals surface area contributed by atoms with Crippen LogP contribution in [-0.2, 0) is 11.2 Å². The lowest BCUT2D eigenvalue weighted by atomic mass is 10.0. The van der Waals surface area contributed by atoms with Crippen molar-refractivity contribution in [1.29, 1.82) is 0 Å². The molecule has 2 rings (SSSR count). The molecule has 98 valence electrons. The number of nitrogens with one attached hydrogen (secondary N) is 2. The zero-order valence-electron chi connectivity index (χ0n) is 10.7. The summed E-state index contributed by atoms with van der Waals surface area (Å²) in [5.41, 5.74) is 0.964. The van der Waals surface area contributed by atoms with Crippen LogP contribution in [0.1, 0.15) is 5.56 Å². The van der Waals surface area contributed by atoms with Crippen LogP contribution in [0.2, 0.25) is 0 Å². The van der Waals surface area contributed by atoms with E-state index in [4.69, 9.17) is 9.47 Å². The van der Waals surface area contributed by atoms with Crippen molar-refractivity contribution in [3.63, 3.8) is 0 Å². The zero-order valence-corrected chi connectivity index (χ0v) is 10.7. The highest BCUT2D eigenvalue weighted by Crippen LogP contribution is 2.25. The number of rotatable bonds is 4. The van der Waals surface area contributed by atoms with Crippen LogP contribution in [0.5, 0.6) is 11.5 Å². The zero-order chi connectivity index (χ0) is 13.0. The van der Waals surface area contributed by atoms with E-state index in [1.54, 1.807) is 14.2 Å². The lowest BCUT2D eigenvalue weighted by Gasteiger charge is -2.24. The number of methoxy groups -OCH3 is 2. The molecule has 5 nitrogen and oxygen atoms in total. The third-order valence-electron chi connectivity index (χ3n) is 3.04. The number of hydrogen-bond acceptors (Lipinski definition) is 4. The van der Waals surface area contributed by atoms with E-state index < -0.39 is 0 Å². The minimum absolute atomic E-state index is 0.0334. The number of carbonyl (C=O) groups is 1. The standard InChI is InChI=1S/C13H18N2O3/c1-17-10-3-4-12(18-2)9(7-10)8-11-13(16)15-6-5-14-11/h3-4,7,11,14H,5-6,8H2,1-2H3,(H,15,16)/t11-/m0/s1. The Labute approximate surface area is 106 Å². The Kier molecular flexibility index (Phi) is 4.04. The van der Waals surface area contributed by atoms with Crippen molar-refractivity contribution >= 4 is 5.91 Å². The molecular formula is C13H18N2O3. The van der Waals surface area contributed by atoms with Gasteiger partial charge in [0, 0.05) is 19.5 Å². The topological polar surface area (TPSA) is 59.6 Å². The third-order valence-corrected chi connectivity index (χ3v) is 3.04. The molecule has 1 aliphatic rings. The van der Waals surface area contributed by atoms with Crippen LogP contribution in [0.4, 0.5) is 0 Å². The highest BCUT2D eigenvalue weighted by Gasteiger charge is 2.23. The first-order valence-corrected chi connectivity index (χ1v) is 5.96. The molecule has 0 saturated carbocycles. The first kappa shape index (κ1) is 12.7. The molecule has 1 amide bonds. The second-order valence-electron chi connectivity index (χ2n) is 4.18. The first-order chi connectivity index (χ1) is 8.74. The van der Waals surface area contributed by atoms with Crippen LogP contribution in [0.15, 0.2) is 18.2 Å². The van der Waals surface area contributed by atoms with Crippen LogP contribution in [0, 0.1) is 0 Å². The Morgan fingerprint density at radius 1 is 1.28 bits per heavy atom. The van der Waals surface area contributed by atoms with Crippen LogP contribution in [0.3, 0.4) is 0 Å². The molecule has 1 fully saturated rings. The summed E-state index contributed by atoms with van der Waals surface area (Å²) in [5, 5.41) is 6.04. The number of piperazine rings is 1. The van der Waals surface area contributed by atoms with Crippen LogP contribution < -0.4 is 20.1 Å². The summed E-state index contributed by atoms with van der Waals surface area (Å²) < 4.78 is 10.5. The van der Waals surface area contributed by atoms with Crippen LogP contribution in [-0.4, -0.2) is 39.3 Å². The number of benzene rings is 1. The van der Waals surface area contributed by atoms with Crippen molar-refractivity contribution in [3.8, 4) is 11.5 Å². The van der Waals surface area contributed by atoms with Gasteiger partial charge in [-0.2, -0.15) is 0 Å². The summed E-state index contributed by atoms with van der Waals surface area (Å²) in [6, 6.07) is 5.40. The summed E-state index contributed by atoms with van der Waals surface area (Å²) in [7, 11) is 3.25. The van der Waals surface area contributed by atoms with Gasteiger partial charge < -0.3 is 20.1 Å². The van der Waals surface area contributed by atoms with E-state index in [1.807, 2.05) is 18.2 Å². The van der Waals surface area contributed by atoms with Gasteiger partial charge in [0.1, 0.15) is 11.5 Å². The lowest BCUT2D eigenvalue weighted by molar-refractivity contribution is -0.124. The van der Waals surface area contributed by atoms with E-state index in [0.29, 0.717) is 13.0 Å². The van der Waals surface area contributed by atoms with Crippen LogP contribution in [0.25, 0.3) is 0 Å². The second kappa shape index (κ2) is 5.73. The van der Waals surface area contributed by atoms with Gasteiger partial charge in [0.25, 0.3) is 0 Å². The molecule has 0 radical (unpaired) electrons. The van der Waals surface area contributed by atoms with Crippen molar-refractivity contribution in [2.24, 2.45) is 0 Å². The van der Waals surface area contributed by atoms with Gasteiger partial charge in [-0.05, 0) is 23.8 Å². The van der Waals surface area contributed by atoms with Crippen molar-refractivity contribution in [3.05, 3.63) is 23.8 Å². The summed E-state index contributed by atoms with van der Waals surface area (Å²) in [6.07, 6.45) is 0.589. The van der Waals surface area contributed by atoms with Gasteiger partial charge in [0.2, 0.25) is 5.91 Å². The Bertz CT molecular complexity index is 434. The van der Waals surface area contributed by atoms with Gasteiger partial charge in [0.15, 0.2) is 0 Å². The average molecular weight is 250 g/mol. The number of hydrogen-bond donors (Lipinski definition) is 2. The van der Waals surface area contributed by atoms with E-state index in [1.165, 1.54) is 0 Å². The molecule has 18 heavy (non-hydrogen) atoms. The molecule has 2 N–H and O–H groups in total. The fourth-order valence-corrected chi connectivity index (χ4v) is 2.07. The molecule has 5 heteroatoms. The highest BCUT2D eigenvalue weighted by atomic mass is 16.5. The molecule has 1 aromatic carbocycles. The van der Waals surface area contributed by atoms with Crippen molar-refractivity contribution in [2.45, 2.75) is 12.5 Å². The van der Waals surface area contributed by atoms with E-state index in [-0.39, 0.29) is 11.9 Å². The summed E-state index contributed by atoms with van der Waals surface area (Å²) in [6.45, 7) is 1.48. The fourth-order valence-electron chi connectivity index (χ4n) is 2.07. The Balaban J connectivity index is 2.18. The summed E-state index contributed by atoms with van der Waals surface area (Å²) in [4.78, 5) is 11.7. The summed E-state index contributed by atoms with van der Waals surface area (Å²) in [5.74, 6) is 1.57. The molecule has 1 heterocycles. The number of carbonyl (C=O) groups excluding carboxylic acids is 1. The predicted octanol–water partition coefficient (Wildman–Crippen LogP) is 0.334. The largest absolute Gasteiger partial charge is 0.497 e. The molecule has 0 bridgehead atoms. The molecule has 0 aliphatic carbocycles. The van der Waals surface area contributed by atoms with Crippen molar-refractivity contribution in [2.75, 3.05) is 27.3 Å². The SMILES string of the molecule is COc1ccc(OC)c(C[C@@H]2NCCNC2=O)c1. The van der Waals surface area contributed by atoms with Gasteiger partial charge >= 0.3 is 0 Å². The van der Waals surface area contributed by atoms with E-state index >= 15 is 0 Å². The van der Waals surface area contributed by atoms with Gasteiger partial charge in [-0.15, -0.1) is 0 Å². The monoisotopic (exact) mass is 250 g/mol. The molecule has 0 spiro atoms. The Morgan fingerprint density at radius 2 is 2.11 bits per heavy atom. The van der Waals surface area contributed by atoms with Crippen molar-refractivity contribution < 1.29 is 14.3 Å². The van der Waals surface area contributed by atoms with Crippen molar-refractivity contribution in [1.82, 2.24) is 10.6 Å². The fraction of sp³-hybridized carbons (Fsp3) is 0.462. The Hall–Kier alpha value is -1.75. The lowest BCUT2D eigenvalue weighted by Crippen LogP contribution is -2.53.